The van der Waals surface area contributed by atoms with Crippen LogP contribution in [0.2, 0.25) is 10.0 Å². The van der Waals surface area contributed by atoms with Gasteiger partial charge in [-0.2, -0.15) is 0 Å². The van der Waals surface area contributed by atoms with Crippen LogP contribution < -0.4 is 5.32 Å². The van der Waals surface area contributed by atoms with E-state index >= 15 is 0 Å². The first-order valence-corrected chi connectivity index (χ1v) is 6.73. The van der Waals surface area contributed by atoms with E-state index in [1.807, 2.05) is 6.92 Å². The van der Waals surface area contributed by atoms with Crippen LogP contribution in [-0.2, 0) is 4.74 Å². The molecule has 2 rings (SSSR count). The van der Waals surface area contributed by atoms with Gasteiger partial charge in [-0.05, 0) is 19.4 Å². The predicted molar refractivity (Wildman–Crippen MR) is 75.1 cm³/mol. The number of nitro benzene ring substituents is 1. The molecule has 0 bridgehead atoms. The normalized spacial score (nSPS) is 22.5. The van der Waals surface area contributed by atoms with Gasteiger partial charge in [0.15, 0.2) is 0 Å². The minimum Gasteiger partial charge on any atom is -0.379 e. The largest absolute Gasteiger partial charge is 0.379 e. The molecule has 7 heteroatoms. The lowest BCUT2D eigenvalue weighted by atomic mass is 10.0. The Balaban J connectivity index is 2.14. The number of hydrogen-bond acceptors (Lipinski definition) is 4. The number of rotatable bonds is 4. The van der Waals surface area contributed by atoms with Crippen molar-refractivity contribution in [2.45, 2.75) is 19.4 Å². The maximum atomic E-state index is 11.0. The maximum Gasteiger partial charge on any atom is 0.293 e. The smallest absolute Gasteiger partial charge is 0.293 e. The van der Waals surface area contributed by atoms with Crippen LogP contribution in [0.3, 0.4) is 0 Å². The Labute approximate surface area is 121 Å². The molecule has 0 spiro atoms. The summed E-state index contributed by atoms with van der Waals surface area (Å²) >= 11 is 11.7. The fourth-order valence-electron chi connectivity index (χ4n) is 2.11. The molecule has 5 nitrogen and oxygen atoms in total. The summed E-state index contributed by atoms with van der Waals surface area (Å²) in [5.41, 5.74) is 0.319. The number of benzene rings is 1. The molecule has 2 unspecified atom stereocenters. The molecule has 1 heterocycles. The Kier molecular flexibility index (Phi) is 4.50. The lowest BCUT2D eigenvalue weighted by Crippen LogP contribution is -2.21. The van der Waals surface area contributed by atoms with Crippen LogP contribution in [0, 0.1) is 16.0 Å². The minimum absolute atomic E-state index is 0.0685. The average molecular weight is 305 g/mol. The quantitative estimate of drug-likeness (QED) is 0.680. The van der Waals surface area contributed by atoms with E-state index in [1.54, 1.807) is 0 Å². The van der Waals surface area contributed by atoms with E-state index in [4.69, 9.17) is 27.9 Å². The first-order chi connectivity index (χ1) is 8.99. The SMILES string of the molecule is CC1OCCC1CNc1cc(Cl)c(Cl)cc1[N+](=O)[O-]. The Morgan fingerprint density at radius 2 is 2.16 bits per heavy atom. The van der Waals surface area contributed by atoms with Crippen molar-refractivity contribution in [2.24, 2.45) is 5.92 Å². The van der Waals surface area contributed by atoms with Gasteiger partial charge in [-0.1, -0.05) is 23.2 Å². The molecule has 0 radical (unpaired) electrons. The third kappa shape index (κ3) is 3.29. The molecule has 0 aliphatic carbocycles. The third-order valence-corrected chi connectivity index (χ3v) is 4.05. The van der Waals surface area contributed by atoms with Gasteiger partial charge >= 0.3 is 0 Å². The molecule has 1 aliphatic rings. The van der Waals surface area contributed by atoms with E-state index in [1.165, 1.54) is 12.1 Å². The monoisotopic (exact) mass is 304 g/mol. The number of nitrogens with zero attached hydrogens (tertiary/aromatic N) is 1. The van der Waals surface area contributed by atoms with Gasteiger partial charge in [0.1, 0.15) is 5.69 Å². The van der Waals surface area contributed by atoms with Gasteiger partial charge in [-0.25, -0.2) is 0 Å². The van der Waals surface area contributed by atoms with E-state index in [-0.39, 0.29) is 16.8 Å². The van der Waals surface area contributed by atoms with E-state index in [0.29, 0.717) is 23.2 Å². The molecule has 1 fully saturated rings. The summed E-state index contributed by atoms with van der Waals surface area (Å²) in [5.74, 6) is 0.342. The van der Waals surface area contributed by atoms with Gasteiger partial charge in [0.25, 0.3) is 5.69 Å². The van der Waals surface area contributed by atoms with Gasteiger partial charge in [0, 0.05) is 25.1 Å². The van der Waals surface area contributed by atoms with Crippen LogP contribution in [-0.4, -0.2) is 24.2 Å². The van der Waals surface area contributed by atoms with Crippen molar-refractivity contribution >= 4 is 34.6 Å². The molecular formula is C12H14Cl2N2O3. The van der Waals surface area contributed by atoms with Crippen molar-refractivity contribution in [3.8, 4) is 0 Å². The van der Waals surface area contributed by atoms with Crippen LogP contribution in [0.4, 0.5) is 11.4 Å². The Bertz CT molecular complexity index is 496. The van der Waals surface area contributed by atoms with Crippen LogP contribution in [0.1, 0.15) is 13.3 Å². The van der Waals surface area contributed by atoms with Gasteiger partial charge in [0.05, 0.1) is 21.1 Å². The minimum atomic E-state index is -0.473. The predicted octanol–water partition coefficient (Wildman–Crippen LogP) is 3.74. The molecule has 19 heavy (non-hydrogen) atoms. The topological polar surface area (TPSA) is 64.4 Å². The summed E-state index contributed by atoms with van der Waals surface area (Å²) in [5, 5.41) is 14.5. The fourth-order valence-corrected chi connectivity index (χ4v) is 2.44. The number of halogens is 2. The molecule has 1 aromatic carbocycles. The lowest BCUT2D eigenvalue weighted by molar-refractivity contribution is -0.383. The highest BCUT2D eigenvalue weighted by Gasteiger charge is 2.25. The van der Waals surface area contributed by atoms with Crippen molar-refractivity contribution in [2.75, 3.05) is 18.5 Å². The molecule has 1 aliphatic heterocycles. The summed E-state index contributed by atoms with van der Waals surface area (Å²) in [6.07, 6.45) is 1.11. The number of nitrogens with one attached hydrogen (secondary N) is 1. The van der Waals surface area contributed by atoms with Crippen LogP contribution in [0.15, 0.2) is 12.1 Å². The zero-order valence-corrected chi connectivity index (χ0v) is 11.9. The molecular weight excluding hydrogens is 291 g/mol. The Morgan fingerprint density at radius 3 is 2.74 bits per heavy atom. The molecule has 104 valence electrons. The van der Waals surface area contributed by atoms with Crippen molar-refractivity contribution < 1.29 is 9.66 Å². The first kappa shape index (κ1) is 14.4. The van der Waals surface area contributed by atoms with E-state index in [0.717, 1.165) is 13.0 Å². The zero-order chi connectivity index (χ0) is 14.0. The van der Waals surface area contributed by atoms with Crippen LogP contribution in [0.5, 0.6) is 0 Å². The van der Waals surface area contributed by atoms with Crippen molar-refractivity contribution in [1.29, 1.82) is 0 Å². The summed E-state index contributed by atoms with van der Waals surface area (Å²) in [4.78, 5) is 10.5. The van der Waals surface area contributed by atoms with Crippen LogP contribution in [0.25, 0.3) is 0 Å². The summed E-state index contributed by atoms with van der Waals surface area (Å²) < 4.78 is 5.45. The first-order valence-electron chi connectivity index (χ1n) is 5.98. The Hall–Kier alpha value is -1.04. The summed E-state index contributed by atoms with van der Waals surface area (Å²) in [7, 11) is 0. The lowest BCUT2D eigenvalue weighted by Gasteiger charge is -2.16. The van der Waals surface area contributed by atoms with E-state index < -0.39 is 4.92 Å². The van der Waals surface area contributed by atoms with Crippen molar-refractivity contribution in [3.63, 3.8) is 0 Å². The van der Waals surface area contributed by atoms with E-state index in [2.05, 4.69) is 5.32 Å². The second-order valence-electron chi connectivity index (χ2n) is 4.55. The third-order valence-electron chi connectivity index (χ3n) is 3.32. The molecule has 0 amide bonds. The molecule has 1 N–H and O–H groups in total. The standard InChI is InChI=1S/C12H14Cl2N2O3/c1-7-8(2-3-19-7)6-15-11-4-9(13)10(14)5-12(11)16(17)18/h4-5,7-8,15H,2-3,6H2,1H3. The van der Waals surface area contributed by atoms with Gasteiger partial charge in [0.2, 0.25) is 0 Å². The zero-order valence-electron chi connectivity index (χ0n) is 10.4. The van der Waals surface area contributed by atoms with E-state index in [9.17, 15) is 10.1 Å². The molecule has 2 atom stereocenters. The summed E-state index contributed by atoms with van der Waals surface area (Å²) in [6.45, 7) is 3.35. The Morgan fingerprint density at radius 1 is 1.47 bits per heavy atom. The number of anilines is 1. The second kappa shape index (κ2) is 5.94. The molecule has 0 aromatic heterocycles. The second-order valence-corrected chi connectivity index (χ2v) is 5.36. The van der Waals surface area contributed by atoms with Gasteiger partial charge < -0.3 is 10.1 Å². The fraction of sp³-hybridized carbons (Fsp3) is 0.500. The molecule has 1 saturated heterocycles. The van der Waals surface area contributed by atoms with Crippen LogP contribution >= 0.6 is 23.2 Å². The van der Waals surface area contributed by atoms with Gasteiger partial charge in [-0.15, -0.1) is 0 Å². The number of ether oxygens (including phenoxy) is 1. The average Bonchev–Trinajstić information content (AvgIpc) is 2.75. The van der Waals surface area contributed by atoms with Crippen molar-refractivity contribution in [3.05, 3.63) is 32.3 Å². The number of nitro groups is 1. The van der Waals surface area contributed by atoms with Gasteiger partial charge in [-0.3, -0.25) is 10.1 Å². The molecule has 0 saturated carbocycles. The maximum absolute atomic E-state index is 11.0. The highest BCUT2D eigenvalue weighted by molar-refractivity contribution is 6.42. The van der Waals surface area contributed by atoms with Crippen molar-refractivity contribution in [1.82, 2.24) is 0 Å². The highest BCUT2D eigenvalue weighted by atomic mass is 35.5. The highest BCUT2D eigenvalue weighted by Crippen LogP contribution is 2.34. The molecule has 1 aromatic rings. The summed E-state index contributed by atoms with van der Waals surface area (Å²) in [6, 6.07) is 2.75. The number of hydrogen-bond donors (Lipinski definition) is 1.